The van der Waals surface area contributed by atoms with Crippen molar-refractivity contribution in [1.82, 2.24) is 4.90 Å². The fourth-order valence-electron chi connectivity index (χ4n) is 1.81. The summed E-state index contributed by atoms with van der Waals surface area (Å²) >= 11 is 3.67. The molecule has 1 aliphatic rings. The molecule has 2 amide bonds. The predicted molar refractivity (Wildman–Crippen MR) is 63.0 cm³/mol. The predicted octanol–water partition coefficient (Wildman–Crippen LogP) is 1.40. The van der Waals surface area contributed by atoms with Crippen molar-refractivity contribution < 1.29 is 14.4 Å². The lowest BCUT2D eigenvalue weighted by molar-refractivity contribution is -0.139. The van der Waals surface area contributed by atoms with E-state index in [1.807, 2.05) is 0 Å². The van der Waals surface area contributed by atoms with Crippen LogP contribution in [0.15, 0.2) is 0 Å². The molecule has 1 rings (SSSR count). The Labute approximate surface area is 101 Å². The standard InChI is InChI=1S/C11H17NO3S/c1-8-7-9(13)12(11(8)15)6-4-2-3-5-10(14)16/h8H,2-7H2,1H3,(H,14,16). The second-order valence-corrected chi connectivity index (χ2v) is 4.69. The van der Waals surface area contributed by atoms with Crippen LogP contribution in [0.1, 0.15) is 39.0 Å². The minimum atomic E-state index is -0.161. The molecule has 16 heavy (non-hydrogen) atoms. The van der Waals surface area contributed by atoms with Gasteiger partial charge in [0, 0.05) is 25.3 Å². The Morgan fingerprint density at radius 3 is 2.56 bits per heavy atom. The van der Waals surface area contributed by atoms with Crippen molar-refractivity contribution in [2.45, 2.75) is 39.0 Å². The molecular formula is C11H17NO3S. The summed E-state index contributed by atoms with van der Waals surface area (Å²) in [5, 5.41) is -0.109. The lowest BCUT2D eigenvalue weighted by Gasteiger charge is -2.13. The number of carbonyl (C=O) groups is 3. The largest absolute Gasteiger partial charge is 0.288 e. The van der Waals surface area contributed by atoms with Gasteiger partial charge in [0.05, 0.1) is 0 Å². The lowest BCUT2D eigenvalue weighted by Crippen LogP contribution is -2.31. The number of hydrogen-bond donors (Lipinski definition) is 1. The van der Waals surface area contributed by atoms with Gasteiger partial charge in [-0.25, -0.2) is 0 Å². The normalized spacial score (nSPS) is 20.6. The molecule has 1 fully saturated rings. The highest BCUT2D eigenvalue weighted by atomic mass is 32.1. The molecule has 90 valence electrons. The quantitative estimate of drug-likeness (QED) is 0.436. The van der Waals surface area contributed by atoms with Gasteiger partial charge in [0.25, 0.3) is 0 Å². The van der Waals surface area contributed by atoms with Gasteiger partial charge in [-0.2, -0.15) is 0 Å². The van der Waals surface area contributed by atoms with Crippen molar-refractivity contribution in [3.8, 4) is 0 Å². The van der Waals surface area contributed by atoms with Crippen molar-refractivity contribution >= 4 is 29.6 Å². The Kier molecular flexibility index (Phi) is 4.99. The van der Waals surface area contributed by atoms with Crippen LogP contribution in [-0.2, 0) is 14.4 Å². The van der Waals surface area contributed by atoms with Gasteiger partial charge >= 0.3 is 0 Å². The maximum Gasteiger partial charge on any atom is 0.232 e. The van der Waals surface area contributed by atoms with E-state index in [-0.39, 0.29) is 22.8 Å². The van der Waals surface area contributed by atoms with Gasteiger partial charge < -0.3 is 0 Å². The highest BCUT2D eigenvalue weighted by Crippen LogP contribution is 2.19. The minimum absolute atomic E-state index is 0.0599. The zero-order chi connectivity index (χ0) is 12.1. The van der Waals surface area contributed by atoms with Gasteiger partial charge in [0.1, 0.15) is 0 Å². The molecular weight excluding hydrogens is 226 g/mol. The molecule has 0 aromatic carbocycles. The summed E-state index contributed by atoms with van der Waals surface area (Å²) < 4.78 is 0. The van der Waals surface area contributed by atoms with Crippen LogP contribution in [0, 0.1) is 5.92 Å². The number of carbonyl (C=O) groups excluding carboxylic acids is 3. The van der Waals surface area contributed by atoms with E-state index < -0.39 is 0 Å². The zero-order valence-corrected chi connectivity index (χ0v) is 10.3. The average Bonchev–Trinajstić information content (AvgIpc) is 2.43. The van der Waals surface area contributed by atoms with Crippen LogP contribution in [0.5, 0.6) is 0 Å². The molecule has 0 radical (unpaired) electrons. The Hall–Kier alpha value is -0.840. The molecule has 1 heterocycles. The van der Waals surface area contributed by atoms with Gasteiger partial charge in [-0.1, -0.05) is 13.3 Å². The van der Waals surface area contributed by atoms with Gasteiger partial charge in [-0.15, -0.1) is 12.6 Å². The molecule has 0 aromatic heterocycles. The van der Waals surface area contributed by atoms with Crippen molar-refractivity contribution in [1.29, 1.82) is 0 Å². The molecule has 0 aromatic rings. The maximum absolute atomic E-state index is 11.5. The van der Waals surface area contributed by atoms with E-state index in [2.05, 4.69) is 12.6 Å². The summed E-state index contributed by atoms with van der Waals surface area (Å²) in [4.78, 5) is 34.8. The van der Waals surface area contributed by atoms with Crippen LogP contribution in [0.2, 0.25) is 0 Å². The number of hydrogen-bond acceptors (Lipinski definition) is 3. The fourth-order valence-corrected chi connectivity index (χ4v) is 1.96. The molecule has 0 spiro atoms. The zero-order valence-electron chi connectivity index (χ0n) is 9.44. The van der Waals surface area contributed by atoms with Crippen molar-refractivity contribution in [2.24, 2.45) is 5.92 Å². The first-order valence-electron chi connectivity index (χ1n) is 5.58. The van der Waals surface area contributed by atoms with E-state index in [4.69, 9.17) is 0 Å². The topological polar surface area (TPSA) is 54.5 Å². The Morgan fingerprint density at radius 1 is 1.38 bits per heavy atom. The van der Waals surface area contributed by atoms with E-state index in [9.17, 15) is 14.4 Å². The van der Waals surface area contributed by atoms with Crippen LogP contribution in [0.3, 0.4) is 0 Å². The molecule has 0 saturated carbocycles. The van der Waals surface area contributed by atoms with E-state index >= 15 is 0 Å². The van der Waals surface area contributed by atoms with E-state index in [1.165, 1.54) is 4.90 Å². The number of thiol groups is 1. The smallest absolute Gasteiger partial charge is 0.232 e. The molecule has 5 heteroatoms. The molecule has 4 nitrogen and oxygen atoms in total. The monoisotopic (exact) mass is 243 g/mol. The van der Waals surface area contributed by atoms with Gasteiger partial charge in [0.15, 0.2) is 5.12 Å². The summed E-state index contributed by atoms with van der Waals surface area (Å²) in [6, 6.07) is 0. The summed E-state index contributed by atoms with van der Waals surface area (Å²) in [6.07, 6.45) is 3.19. The highest BCUT2D eigenvalue weighted by molar-refractivity contribution is 7.96. The van der Waals surface area contributed by atoms with Gasteiger partial charge in [-0.05, 0) is 12.8 Å². The van der Waals surface area contributed by atoms with Crippen LogP contribution >= 0.6 is 12.6 Å². The van der Waals surface area contributed by atoms with Crippen molar-refractivity contribution in [3.05, 3.63) is 0 Å². The van der Waals surface area contributed by atoms with Crippen LogP contribution in [0.25, 0.3) is 0 Å². The van der Waals surface area contributed by atoms with Crippen molar-refractivity contribution in [2.75, 3.05) is 6.54 Å². The molecule has 0 aliphatic carbocycles. The number of unbranched alkanes of at least 4 members (excludes halogenated alkanes) is 2. The third-order valence-electron chi connectivity index (χ3n) is 2.74. The molecule has 1 atom stereocenters. The molecule has 0 N–H and O–H groups in total. The molecule has 1 unspecified atom stereocenters. The SMILES string of the molecule is CC1CC(=O)N(CCCCCC(=O)S)C1=O. The fraction of sp³-hybridized carbons (Fsp3) is 0.727. The number of likely N-dealkylation sites (tertiary alicyclic amines) is 1. The maximum atomic E-state index is 11.5. The first kappa shape index (κ1) is 13.2. The lowest BCUT2D eigenvalue weighted by atomic mass is 10.1. The number of rotatable bonds is 6. The number of amides is 2. The molecule has 0 bridgehead atoms. The minimum Gasteiger partial charge on any atom is -0.288 e. The highest BCUT2D eigenvalue weighted by Gasteiger charge is 2.34. The second kappa shape index (κ2) is 6.03. The summed E-state index contributed by atoms with van der Waals surface area (Å²) in [5.74, 6) is -0.287. The molecule has 1 saturated heterocycles. The summed E-state index contributed by atoms with van der Waals surface area (Å²) in [7, 11) is 0. The van der Waals surface area contributed by atoms with E-state index in [0.717, 1.165) is 19.3 Å². The van der Waals surface area contributed by atoms with Gasteiger partial charge in [-0.3, -0.25) is 19.3 Å². The Morgan fingerprint density at radius 2 is 2.06 bits per heavy atom. The second-order valence-electron chi connectivity index (χ2n) is 4.19. The summed E-state index contributed by atoms with van der Waals surface area (Å²) in [6.45, 7) is 2.27. The third kappa shape index (κ3) is 3.63. The van der Waals surface area contributed by atoms with Crippen molar-refractivity contribution in [3.63, 3.8) is 0 Å². The third-order valence-corrected chi connectivity index (χ3v) is 2.97. The average molecular weight is 243 g/mol. The van der Waals surface area contributed by atoms with Gasteiger partial charge in [0.2, 0.25) is 11.8 Å². The Balaban J connectivity index is 2.20. The van der Waals surface area contributed by atoms with E-state index in [1.54, 1.807) is 6.92 Å². The number of imide groups is 1. The Bertz CT molecular complexity index is 304. The first-order chi connectivity index (χ1) is 7.52. The summed E-state index contributed by atoms with van der Waals surface area (Å²) in [5.41, 5.74) is 0. The van der Waals surface area contributed by atoms with Crippen LogP contribution in [-0.4, -0.2) is 28.4 Å². The first-order valence-corrected chi connectivity index (χ1v) is 6.03. The van der Waals surface area contributed by atoms with Crippen LogP contribution < -0.4 is 0 Å². The number of nitrogens with zero attached hydrogens (tertiary/aromatic N) is 1. The molecule has 1 aliphatic heterocycles. The van der Waals surface area contributed by atoms with E-state index in [0.29, 0.717) is 19.4 Å². The van der Waals surface area contributed by atoms with Crippen LogP contribution in [0.4, 0.5) is 0 Å².